The Morgan fingerprint density at radius 1 is 0.754 bits per heavy atom. The number of benzene rings is 5. The number of hydrogen-bond donors (Lipinski definition) is 9. The largest absolute Gasteiger partial charge is 0.479 e. The molecule has 1 atom stereocenters. The molecule has 1 aromatic heterocycles. The van der Waals surface area contributed by atoms with E-state index in [2.05, 4.69) is 49.6 Å². The van der Waals surface area contributed by atoms with Gasteiger partial charge in [0.05, 0.1) is 68.4 Å². The van der Waals surface area contributed by atoms with Gasteiger partial charge in [0, 0.05) is 39.9 Å². The topological polar surface area (TPSA) is 322 Å². The summed E-state index contributed by atoms with van der Waals surface area (Å²) in [5.74, 6) is -3.29. The van der Waals surface area contributed by atoms with Crippen LogP contribution in [0.15, 0.2) is 117 Å². The molecular weight excluding hydrogens is 915 g/mol. The zero-order valence-corrected chi connectivity index (χ0v) is 35.1. The molecule has 5 aromatic carbocycles. The molecule has 1 unspecified atom stereocenters. The third-order valence-electron chi connectivity index (χ3n) is 9.93. The number of aromatic hydroxyl groups is 1. The van der Waals surface area contributed by atoms with Gasteiger partial charge in [-0.25, -0.2) is 15.3 Å². The Morgan fingerprint density at radius 2 is 1.43 bits per heavy atom. The van der Waals surface area contributed by atoms with Crippen LogP contribution in [-0.4, -0.2) is 84.6 Å². The third kappa shape index (κ3) is 8.79. The number of carbonyl (C=O) groups is 3. The van der Waals surface area contributed by atoms with Crippen LogP contribution in [0.2, 0.25) is 0 Å². The highest BCUT2D eigenvalue weighted by molar-refractivity contribution is 7.95. The van der Waals surface area contributed by atoms with Crippen molar-refractivity contribution in [3.63, 3.8) is 0 Å². The Balaban J connectivity index is 1.27. The second-order valence-corrected chi connectivity index (χ2v) is 16.6. The zero-order chi connectivity index (χ0) is 46.2. The number of hydrogen-bond acceptors (Lipinski definition) is 22. The van der Waals surface area contributed by atoms with Gasteiger partial charge in [0.15, 0.2) is 17.8 Å². The van der Waals surface area contributed by atoms with E-state index in [0.29, 0.717) is 28.2 Å². The normalized spacial score (nSPS) is 14.1. The maximum atomic E-state index is 14.7. The van der Waals surface area contributed by atoms with Crippen LogP contribution >= 0.6 is 24.1 Å². The molecular formula is C40H29N7O15S3. The van der Waals surface area contributed by atoms with Crippen LogP contribution in [-0.2, 0) is 28.9 Å². The molecule has 1 aliphatic carbocycles. The van der Waals surface area contributed by atoms with Crippen molar-refractivity contribution in [2.45, 2.75) is 20.9 Å². The third-order valence-corrected chi connectivity index (χ3v) is 12.0. The Kier molecular flexibility index (Phi) is 12.5. The average Bonchev–Trinajstić information content (AvgIpc) is 3.28. The fourth-order valence-corrected chi connectivity index (χ4v) is 8.86. The van der Waals surface area contributed by atoms with Crippen LogP contribution in [0.1, 0.15) is 47.8 Å². The van der Waals surface area contributed by atoms with Gasteiger partial charge >= 0.3 is 12.0 Å². The highest BCUT2D eigenvalue weighted by atomic mass is 32.2. The van der Waals surface area contributed by atoms with Crippen LogP contribution in [0, 0.1) is 0 Å². The van der Waals surface area contributed by atoms with Crippen molar-refractivity contribution >= 4 is 97.6 Å². The first-order chi connectivity index (χ1) is 31.2. The number of aromatic nitrogens is 3. The molecule has 0 saturated carbocycles. The molecule has 1 aliphatic heterocycles. The summed E-state index contributed by atoms with van der Waals surface area (Å²) in [4.78, 5) is 53.5. The van der Waals surface area contributed by atoms with E-state index in [1.807, 2.05) is 0 Å². The van der Waals surface area contributed by atoms with Gasteiger partial charge in [0.2, 0.25) is 11.9 Å². The summed E-state index contributed by atoms with van der Waals surface area (Å²) in [7, 11) is -3.59. The van der Waals surface area contributed by atoms with E-state index in [9.17, 15) is 42.7 Å². The summed E-state index contributed by atoms with van der Waals surface area (Å²) in [5, 5.41) is 65.4. The van der Waals surface area contributed by atoms with Crippen molar-refractivity contribution in [3.05, 3.63) is 136 Å². The van der Waals surface area contributed by atoms with Crippen molar-refractivity contribution in [1.29, 1.82) is 0 Å². The molecule has 6 aromatic rings. The van der Waals surface area contributed by atoms with Gasteiger partial charge in [-0.3, -0.25) is 14.1 Å². The second kappa shape index (κ2) is 18.2. The number of aromatic carboxylic acids is 1. The van der Waals surface area contributed by atoms with Crippen molar-refractivity contribution < 1.29 is 71.9 Å². The van der Waals surface area contributed by atoms with Gasteiger partial charge in [0.25, 0.3) is 10.1 Å². The van der Waals surface area contributed by atoms with Crippen LogP contribution in [0.4, 0.5) is 40.3 Å². The number of rotatable bonds is 16. The van der Waals surface area contributed by atoms with Gasteiger partial charge in [-0.05, 0) is 54.1 Å². The van der Waals surface area contributed by atoms with E-state index in [1.54, 1.807) is 42.5 Å². The second-order valence-electron chi connectivity index (χ2n) is 13.7. The SMILES string of the molecule is CN1c2ccc(Nc3cc(Nc4nc(O)nc(Nc5ccccc5C(=O)O)n4)c(S(=O)(=O)O)cc3SOOO)c3c2C(=C(C(=O)c2cccc(SOOO)c2)C1O)c1ccccc1C3=O. The summed E-state index contributed by atoms with van der Waals surface area (Å²) >= 11 is 0.907. The molecule has 0 bridgehead atoms. The molecule has 22 nitrogen and oxygen atoms in total. The molecule has 9 N–H and O–H groups in total. The monoisotopic (exact) mass is 943 g/mol. The number of fused-ring (bicyclic) bond motifs is 2. The molecule has 332 valence electrons. The highest BCUT2D eigenvalue weighted by Gasteiger charge is 2.42. The lowest BCUT2D eigenvalue weighted by Crippen LogP contribution is -2.41. The maximum absolute atomic E-state index is 14.7. The number of ketones is 2. The molecule has 0 spiro atoms. The zero-order valence-electron chi connectivity index (χ0n) is 32.7. The summed E-state index contributed by atoms with van der Waals surface area (Å²) in [5.41, 5.74) is 0.835. The van der Waals surface area contributed by atoms with E-state index >= 15 is 0 Å². The molecule has 0 radical (unpaired) electrons. The molecule has 65 heavy (non-hydrogen) atoms. The smallest absolute Gasteiger partial charge is 0.337 e. The van der Waals surface area contributed by atoms with E-state index in [1.165, 1.54) is 54.4 Å². The van der Waals surface area contributed by atoms with Gasteiger partial charge in [-0.1, -0.05) is 58.6 Å². The molecule has 0 amide bonds. The Bertz CT molecular complexity index is 3080. The molecule has 2 aliphatic rings. The number of aliphatic hydroxyl groups excluding tert-OH is 1. The number of anilines is 7. The van der Waals surface area contributed by atoms with E-state index in [4.69, 9.17) is 10.5 Å². The summed E-state index contributed by atoms with van der Waals surface area (Å²) in [6.45, 7) is 0. The van der Waals surface area contributed by atoms with Crippen molar-refractivity contribution in [2.24, 2.45) is 0 Å². The molecule has 25 heteroatoms. The number of aliphatic hydroxyl groups is 1. The molecule has 2 heterocycles. The fourth-order valence-electron chi connectivity index (χ4n) is 7.24. The lowest BCUT2D eigenvalue weighted by Gasteiger charge is -2.39. The first kappa shape index (κ1) is 44.6. The number of carboxylic acids is 1. The number of para-hydroxylation sites is 1. The molecule has 0 saturated heterocycles. The predicted molar refractivity (Wildman–Crippen MR) is 230 cm³/mol. The quantitative estimate of drug-likeness (QED) is 0.0162. The maximum Gasteiger partial charge on any atom is 0.337 e. The number of nitrogens with zero attached hydrogens (tertiary/aromatic N) is 4. The van der Waals surface area contributed by atoms with Gasteiger partial charge < -0.3 is 36.2 Å². The van der Waals surface area contributed by atoms with Crippen LogP contribution in [0.5, 0.6) is 6.01 Å². The number of Topliss-reactive ketones (excluding diaryl/α,β-unsaturated/α-hetero) is 1. The van der Waals surface area contributed by atoms with Gasteiger partial charge in [0.1, 0.15) is 4.90 Å². The predicted octanol–water partition coefficient (Wildman–Crippen LogP) is 6.61. The highest BCUT2D eigenvalue weighted by Crippen LogP contribution is 2.50. The van der Waals surface area contributed by atoms with E-state index < -0.39 is 56.4 Å². The fraction of sp³-hybridized carbons (Fsp3) is 0.0500. The first-order valence-corrected chi connectivity index (χ1v) is 21.3. The summed E-state index contributed by atoms with van der Waals surface area (Å²) in [6, 6.07) is 22.5. The summed E-state index contributed by atoms with van der Waals surface area (Å²) in [6.07, 6.45) is -1.52. The van der Waals surface area contributed by atoms with Gasteiger partial charge in [-0.15, -0.1) is 8.67 Å². The standard InChI is InChI=1S/C40H29N7O15S3/c1-47-27-14-13-24(31-32(27)30(20-9-2-3-10-21(20)35(31)49)33(36(47)50)34(48)18-7-6-8-19(15-18)63-61-59-54)41-25-16-26(29(65(56,57)58)17-28(25)64-62-60-55)43-39-44-38(45-40(53)46-39)42-23-12-5-4-11-22(23)37(51)52/h2-17,36,41,50,54-55H,1H3,(H,51,52)(H,56,57,58)(H3,42,43,44,45,46,53). The van der Waals surface area contributed by atoms with Gasteiger partial charge in [-0.2, -0.15) is 23.4 Å². The number of likely N-dealkylation sites (N-methyl/N-ethyl adjacent to an activating group) is 1. The molecule has 0 fully saturated rings. The first-order valence-electron chi connectivity index (χ1n) is 18.3. The van der Waals surface area contributed by atoms with Crippen LogP contribution in [0.25, 0.3) is 5.57 Å². The Hall–Kier alpha value is -7.01. The molecule has 8 rings (SSSR count). The summed E-state index contributed by atoms with van der Waals surface area (Å²) < 4.78 is 45.3. The van der Waals surface area contributed by atoms with Crippen molar-refractivity contribution in [1.82, 2.24) is 15.0 Å². The van der Waals surface area contributed by atoms with Crippen LogP contribution in [0.3, 0.4) is 0 Å². The lowest BCUT2D eigenvalue weighted by molar-refractivity contribution is -0.432. The van der Waals surface area contributed by atoms with Crippen LogP contribution < -0.4 is 20.9 Å². The number of nitrogens with one attached hydrogen (secondary N) is 3. The number of carbonyl (C=O) groups excluding carboxylic acids is 2. The minimum absolute atomic E-state index is 0.0152. The Morgan fingerprint density at radius 3 is 2.14 bits per heavy atom. The van der Waals surface area contributed by atoms with Crippen molar-refractivity contribution in [3.8, 4) is 6.01 Å². The lowest BCUT2D eigenvalue weighted by atomic mass is 9.74. The minimum atomic E-state index is -5.12. The Labute approximate surface area is 374 Å². The van der Waals surface area contributed by atoms with E-state index in [0.717, 1.165) is 12.1 Å². The average molecular weight is 944 g/mol. The number of carboxylic acid groups (broad SMARTS) is 1. The minimum Gasteiger partial charge on any atom is -0.479 e. The van der Waals surface area contributed by atoms with E-state index in [-0.39, 0.29) is 78.9 Å². The van der Waals surface area contributed by atoms with Crippen molar-refractivity contribution in [2.75, 3.05) is 27.9 Å².